The smallest absolute Gasteiger partial charge is 0.339 e. The van der Waals surface area contributed by atoms with E-state index in [0.29, 0.717) is 24.7 Å². The molecule has 0 bridgehead atoms. The molecule has 1 saturated heterocycles. The standard InChI is InChI=1S/C16H18F3N3O3S/c1-11-20-15(25-21-11)13-5-3-7-22(9-13)26(23,24)10-12-4-2-6-14(8-12)16(17,18)19/h2,4,6,8,13H,3,5,7,9-10H2,1H3. The van der Waals surface area contributed by atoms with Crippen molar-refractivity contribution in [2.24, 2.45) is 0 Å². The highest BCUT2D eigenvalue weighted by atomic mass is 32.2. The van der Waals surface area contributed by atoms with Crippen molar-refractivity contribution in [3.63, 3.8) is 0 Å². The number of alkyl halides is 3. The van der Waals surface area contributed by atoms with Crippen molar-refractivity contribution in [3.05, 3.63) is 47.1 Å². The lowest BCUT2D eigenvalue weighted by molar-refractivity contribution is -0.137. The Balaban J connectivity index is 1.75. The zero-order chi connectivity index (χ0) is 18.9. The van der Waals surface area contributed by atoms with Gasteiger partial charge in [0.2, 0.25) is 15.9 Å². The predicted octanol–water partition coefficient (Wildman–Crippen LogP) is 3.11. The normalized spacial score (nSPS) is 19.6. The first-order valence-electron chi connectivity index (χ1n) is 8.09. The molecule has 1 atom stereocenters. The van der Waals surface area contributed by atoms with E-state index in [4.69, 9.17) is 4.52 Å². The third-order valence-corrected chi connectivity index (χ3v) is 6.09. The molecule has 1 fully saturated rings. The monoisotopic (exact) mass is 389 g/mol. The Morgan fingerprint density at radius 3 is 2.77 bits per heavy atom. The molecule has 1 unspecified atom stereocenters. The molecule has 6 nitrogen and oxygen atoms in total. The Morgan fingerprint density at radius 2 is 2.12 bits per heavy atom. The Hall–Kier alpha value is -1.94. The van der Waals surface area contributed by atoms with Gasteiger partial charge in [-0.05, 0) is 31.4 Å². The Morgan fingerprint density at radius 1 is 1.35 bits per heavy atom. The van der Waals surface area contributed by atoms with Crippen LogP contribution >= 0.6 is 0 Å². The van der Waals surface area contributed by atoms with E-state index in [-0.39, 0.29) is 18.0 Å². The van der Waals surface area contributed by atoms with Crippen LogP contribution in [-0.4, -0.2) is 36.0 Å². The Labute approximate surface area is 149 Å². The molecule has 2 aromatic rings. The van der Waals surface area contributed by atoms with Crippen LogP contribution in [0.3, 0.4) is 0 Å². The van der Waals surface area contributed by atoms with Crippen LogP contribution < -0.4 is 0 Å². The van der Waals surface area contributed by atoms with Gasteiger partial charge < -0.3 is 4.52 Å². The minimum Gasteiger partial charge on any atom is -0.339 e. The molecular formula is C16H18F3N3O3S. The molecule has 1 aliphatic rings. The lowest BCUT2D eigenvalue weighted by Gasteiger charge is -2.30. The first-order chi connectivity index (χ1) is 12.1. The Bertz CT molecular complexity index is 880. The van der Waals surface area contributed by atoms with Gasteiger partial charge in [0.05, 0.1) is 17.2 Å². The molecule has 0 spiro atoms. The molecule has 10 heteroatoms. The number of piperidine rings is 1. The number of hydrogen-bond acceptors (Lipinski definition) is 5. The fourth-order valence-electron chi connectivity index (χ4n) is 3.01. The summed E-state index contributed by atoms with van der Waals surface area (Å²) in [5.74, 6) is 0.179. The van der Waals surface area contributed by atoms with Gasteiger partial charge in [-0.25, -0.2) is 12.7 Å². The number of rotatable bonds is 4. The van der Waals surface area contributed by atoms with Crippen LogP contribution in [0.4, 0.5) is 13.2 Å². The van der Waals surface area contributed by atoms with Gasteiger partial charge in [0, 0.05) is 13.1 Å². The SMILES string of the molecule is Cc1noc(C2CCCN(S(=O)(=O)Cc3cccc(C(F)(F)F)c3)C2)n1. The fourth-order valence-corrected chi connectivity index (χ4v) is 4.61. The first kappa shape index (κ1) is 18.8. The lowest BCUT2D eigenvalue weighted by atomic mass is 10.00. The summed E-state index contributed by atoms with van der Waals surface area (Å²) in [4.78, 5) is 4.15. The number of halogens is 3. The number of aromatic nitrogens is 2. The van der Waals surface area contributed by atoms with Crippen molar-refractivity contribution in [1.82, 2.24) is 14.4 Å². The summed E-state index contributed by atoms with van der Waals surface area (Å²) in [6.07, 6.45) is -3.17. The minimum atomic E-state index is -4.51. The van der Waals surface area contributed by atoms with Crippen molar-refractivity contribution in [3.8, 4) is 0 Å². The second kappa shape index (κ2) is 6.99. The number of nitrogens with zero attached hydrogens (tertiary/aromatic N) is 3. The fraction of sp³-hybridized carbons (Fsp3) is 0.500. The molecule has 1 aliphatic heterocycles. The maximum atomic E-state index is 12.8. The second-order valence-electron chi connectivity index (χ2n) is 6.33. The third-order valence-electron chi connectivity index (χ3n) is 4.27. The van der Waals surface area contributed by atoms with Gasteiger partial charge in [-0.1, -0.05) is 23.4 Å². The maximum absolute atomic E-state index is 12.8. The highest BCUT2D eigenvalue weighted by molar-refractivity contribution is 7.88. The van der Waals surface area contributed by atoms with Crippen LogP contribution in [0, 0.1) is 6.92 Å². The average molecular weight is 389 g/mol. The van der Waals surface area contributed by atoms with Gasteiger partial charge in [-0.15, -0.1) is 0 Å². The summed E-state index contributed by atoms with van der Waals surface area (Å²) >= 11 is 0. The van der Waals surface area contributed by atoms with E-state index in [0.717, 1.165) is 18.6 Å². The van der Waals surface area contributed by atoms with Gasteiger partial charge in [-0.3, -0.25) is 0 Å². The topological polar surface area (TPSA) is 76.3 Å². The summed E-state index contributed by atoms with van der Waals surface area (Å²) < 4.78 is 70.2. The molecule has 0 N–H and O–H groups in total. The molecule has 3 rings (SSSR count). The van der Waals surface area contributed by atoms with Gasteiger partial charge in [-0.2, -0.15) is 18.2 Å². The number of hydrogen-bond donors (Lipinski definition) is 0. The van der Waals surface area contributed by atoms with Crippen molar-refractivity contribution in [2.45, 2.75) is 37.6 Å². The van der Waals surface area contributed by atoms with Crippen molar-refractivity contribution < 1.29 is 26.1 Å². The molecule has 0 radical (unpaired) electrons. The van der Waals surface area contributed by atoms with Crippen LogP contribution in [0.2, 0.25) is 0 Å². The third kappa shape index (κ3) is 4.24. The van der Waals surface area contributed by atoms with E-state index >= 15 is 0 Å². The zero-order valence-corrected chi connectivity index (χ0v) is 14.8. The number of benzene rings is 1. The summed E-state index contributed by atoms with van der Waals surface area (Å²) in [6, 6.07) is 4.40. The minimum absolute atomic E-state index is 0.107. The summed E-state index contributed by atoms with van der Waals surface area (Å²) in [6.45, 7) is 2.19. The van der Waals surface area contributed by atoms with E-state index in [9.17, 15) is 21.6 Å². The molecule has 0 amide bonds. The van der Waals surface area contributed by atoms with E-state index in [1.807, 2.05) is 0 Å². The van der Waals surface area contributed by atoms with E-state index in [1.54, 1.807) is 6.92 Å². The van der Waals surface area contributed by atoms with Gasteiger partial charge in [0.1, 0.15) is 0 Å². The summed E-state index contributed by atoms with van der Waals surface area (Å²) in [5, 5.41) is 3.72. The van der Waals surface area contributed by atoms with Crippen LogP contribution in [0.1, 0.15) is 41.6 Å². The van der Waals surface area contributed by atoms with E-state index < -0.39 is 27.5 Å². The zero-order valence-electron chi connectivity index (χ0n) is 14.0. The van der Waals surface area contributed by atoms with Crippen LogP contribution in [-0.2, 0) is 22.0 Å². The van der Waals surface area contributed by atoms with E-state index in [2.05, 4.69) is 10.1 Å². The average Bonchev–Trinajstić information content (AvgIpc) is 3.01. The van der Waals surface area contributed by atoms with Gasteiger partial charge in [0.15, 0.2) is 5.82 Å². The number of aryl methyl sites for hydroxylation is 1. The molecule has 142 valence electrons. The highest BCUT2D eigenvalue weighted by Crippen LogP contribution is 2.31. The second-order valence-corrected chi connectivity index (χ2v) is 8.30. The predicted molar refractivity (Wildman–Crippen MR) is 86.7 cm³/mol. The number of sulfonamides is 1. The first-order valence-corrected chi connectivity index (χ1v) is 9.70. The Kier molecular flexibility index (Phi) is 5.07. The quantitative estimate of drug-likeness (QED) is 0.803. The molecule has 2 heterocycles. The molecule has 1 aromatic carbocycles. The van der Waals surface area contributed by atoms with Crippen LogP contribution in [0.5, 0.6) is 0 Å². The molecule has 1 aromatic heterocycles. The van der Waals surface area contributed by atoms with Gasteiger partial charge >= 0.3 is 6.18 Å². The van der Waals surface area contributed by atoms with Crippen molar-refractivity contribution >= 4 is 10.0 Å². The van der Waals surface area contributed by atoms with Crippen molar-refractivity contribution in [1.29, 1.82) is 0 Å². The lowest BCUT2D eigenvalue weighted by Crippen LogP contribution is -2.39. The van der Waals surface area contributed by atoms with Gasteiger partial charge in [0.25, 0.3) is 0 Å². The molecule has 0 saturated carbocycles. The molecular weight excluding hydrogens is 371 g/mol. The van der Waals surface area contributed by atoms with E-state index in [1.165, 1.54) is 16.4 Å². The van der Waals surface area contributed by atoms with Crippen LogP contribution in [0.15, 0.2) is 28.8 Å². The van der Waals surface area contributed by atoms with Crippen LogP contribution in [0.25, 0.3) is 0 Å². The summed E-state index contributed by atoms with van der Waals surface area (Å²) in [5.41, 5.74) is -0.751. The largest absolute Gasteiger partial charge is 0.416 e. The highest BCUT2D eigenvalue weighted by Gasteiger charge is 2.34. The molecule has 0 aliphatic carbocycles. The molecule has 26 heavy (non-hydrogen) atoms. The summed E-state index contributed by atoms with van der Waals surface area (Å²) in [7, 11) is -3.76. The maximum Gasteiger partial charge on any atom is 0.416 e. The van der Waals surface area contributed by atoms with Crippen molar-refractivity contribution in [2.75, 3.05) is 13.1 Å².